The summed E-state index contributed by atoms with van der Waals surface area (Å²) in [6, 6.07) is 3.19. The van der Waals surface area contributed by atoms with Gasteiger partial charge in [-0.25, -0.2) is 9.59 Å². The van der Waals surface area contributed by atoms with Crippen molar-refractivity contribution in [2.24, 2.45) is 0 Å². The van der Waals surface area contributed by atoms with Crippen molar-refractivity contribution >= 4 is 37.2 Å². The summed E-state index contributed by atoms with van der Waals surface area (Å²) in [6.45, 7) is 0. The first-order valence-corrected chi connectivity index (χ1v) is 6.39. The van der Waals surface area contributed by atoms with E-state index in [0.717, 1.165) is 0 Å². The van der Waals surface area contributed by atoms with Crippen LogP contribution in [0.2, 0.25) is 0 Å². The quantitative estimate of drug-likeness (QED) is 0.657. The van der Waals surface area contributed by atoms with Gasteiger partial charge in [-0.1, -0.05) is 0 Å². The number of hydrogen-bond acceptors (Lipinski definition) is 6. The van der Waals surface area contributed by atoms with Crippen LogP contribution in [0.3, 0.4) is 0 Å². The van der Waals surface area contributed by atoms with Crippen LogP contribution in [-0.2, 0) is 21.0 Å². The summed E-state index contributed by atoms with van der Waals surface area (Å²) in [4.78, 5) is 23.2. The summed E-state index contributed by atoms with van der Waals surface area (Å²) in [5, 5.41) is 0. The lowest BCUT2D eigenvalue weighted by molar-refractivity contribution is 0.0585. The Morgan fingerprint density at radius 1 is 0.944 bits per heavy atom. The molecule has 0 unspecified atom stereocenters. The molecule has 1 aromatic carbocycles. The second-order valence-electron chi connectivity index (χ2n) is 3.47. The summed E-state index contributed by atoms with van der Waals surface area (Å²) in [5.74, 6) is -0.278. The molecule has 0 heterocycles. The van der Waals surface area contributed by atoms with Gasteiger partial charge in [-0.3, -0.25) is 0 Å². The fraction of sp³-hybridized carbons (Fsp3) is 0.333. The number of carbonyl (C=O) groups is 2. The average molecular weight is 286 g/mol. The molecule has 0 amide bonds. The van der Waals surface area contributed by atoms with Gasteiger partial charge in [0.1, 0.15) is 0 Å². The first-order chi connectivity index (χ1) is 8.58. The fourth-order valence-electron chi connectivity index (χ4n) is 1.55. The summed E-state index contributed by atoms with van der Waals surface area (Å²) in [6.07, 6.45) is 0. The van der Waals surface area contributed by atoms with E-state index in [4.69, 9.17) is 9.47 Å². The van der Waals surface area contributed by atoms with Crippen molar-refractivity contribution in [3.63, 3.8) is 0 Å². The molecule has 98 valence electrons. The maximum atomic E-state index is 11.6. The maximum Gasteiger partial charge on any atom is 0.338 e. The van der Waals surface area contributed by atoms with Crippen molar-refractivity contribution in [3.05, 3.63) is 34.4 Å². The molecule has 1 rings (SSSR count). The smallest absolute Gasteiger partial charge is 0.338 e. The van der Waals surface area contributed by atoms with Crippen LogP contribution in [-0.4, -0.2) is 26.2 Å². The van der Waals surface area contributed by atoms with E-state index < -0.39 is 11.9 Å². The van der Waals surface area contributed by atoms with Gasteiger partial charge in [0.05, 0.1) is 25.3 Å². The van der Waals surface area contributed by atoms with Gasteiger partial charge >= 0.3 is 11.9 Å². The van der Waals surface area contributed by atoms with E-state index in [9.17, 15) is 9.59 Å². The molecule has 0 saturated heterocycles. The van der Waals surface area contributed by atoms with Crippen molar-refractivity contribution in [3.8, 4) is 0 Å². The molecule has 0 bridgehead atoms. The highest BCUT2D eigenvalue weighted by Crippen LogP contribution is 2.22. The van der Waals surface area contributed by atoms with E-state index in [1.54, 1.807) is 12.1 Å². The molecule has 0 aliphatic rings. The Balaban J connectivity index is 3.41. The third kappa shape index (κ3) is 3.00. The van der Waals surface area contributed by atoms with Gasteiger partial charge in [0, 0.05) is 11.5 Å². The van der Waals surface area contributed by atoms with Crippen LogP contribution in [0.5, 0.6) is 0 Å². The molecule has 0 spiro atoms. The molecule has 18 heavy (non-hydrogen) atoms. The molecule has 1 aromatic rings. The van der Waals surface area contributed by atoms with E-state index >= 15 is 0 Å². The summed E-state index contributed by atoms with van der Waals surface area (Å²) in [7, 11) is 2.61. The molecule has 0 radical (unpaired) electrons. The predicted octanol–water partition coefficient (Wildman–Crippen LogP) is 2.12. The number of hydrogen-bond donors (Lipinski definition) is 2. The number of benzene rings is 1. The van der Waals surface area contributed by atoms with Gasteiger partial charge in [-0.2, -0.15) is 25.3 Å². The molecule has 0 saturated carbocycles. The molecule has 0 aliphatic heterocycles. The highest BCUT2D eigenvalue weighted by molar-refractivity contribution is 7.79. The summed E-state index contributed by atoms with van der Waals surface area (Å²) < 4.78 is 9.38. The standard InChI is InChI=1S/C12H14O4S2/c1-15-11(13)9-3-8(6-18)10(12(14)16-2)4-7(9)5-17/h3-4,17-18H,5-6H2,1-2H3. The number of methoxy groups -OCH3 is 2. The first kappa shape index (κ1) is 14.9. The minimum Gasteiger partial charge on any atom is -0.465 e. The van der Waals surface area contributed by atoms with Gasteiger partial charge in [0.2, 0.25) is 0 Å². The first-order valence-electron chi connectivity index (χ1n) is 5.13. The third-order valence-electron chi connectivity index (χ3n) is 2.48. The topological polar surface area (TPSA) is 52.6 Å². The molecule has 6 heteroatoms. The van der Waals surface area contributed by atoms with Crippen LogP contribution in [0, 0.1) is 0 Å². The molecular formula is C12H14O4S2. The van der Waals surface area contributed by atoms with E-state index in [1.807, 2.05) is 0 Å². The zero-order valence-corrected chi connectivity index (χ0v) is 11.9. The minimum atomic E-state index is -0.460. The Hall–Kier alpha value is -1.14. The van der Waals surface area contributed by atoms with Crippen LogP contribution in [0.25, 0.3) is 0 Å². The van der Waals surface area contributed by atoms with Crippen LogP contribution in [0.15, 0.2) is 12.1 Å². The second kappa shape index (κ2) is 6.70. The Morgan fingerprint density at radius 2 is 1.28 bits per heavy atom. The van der Waals surface area contributed by atoms with Crippen molar-refractivity contribution in [2.75, 3.05) is 14.2 Å². The summed E-state index contributed by atoms with van der Waals surface area (Å²) >= 11 is 8.29. The van der Waals surface area contributed by atoms with Crippen LogP contribution >= 0.6 is 25.3 Å². The highest BCUT2D eigenvalue weighted by atomic mass is 32.1. The van der Waals surface area contributed by atoms with Gasteiger partial charge in [0.25, 0.3) is 0 Å². The Bertz CT molecular complexity index is 428. The fourth-order valence-corrected chi connectivity index (χ4v) is 2.07. The molecule has 4 nitrogen and oxygen atoms in total. The average Bonchev–Trinajstić information content (AvgIpc) is 2.43. The normalized spacial score (nSPS) is 10.0. The molecule has 0 atom stereocenters. The summed E-state index contributed by atoms with van der Waals surface area (Å²) in [5.41, 5.74) is 2.03. The Morgan fingerprint density at radius 3 is 1.50 bits per heavy atom. The monoisotopic (exact) mass is 286 g/mol. The van der Waals surface area contributed by atoms with E-state index in [0.29, 0.717) is 33.8 Å². The second-order valence-corrected chi connectivity index (χ2v) is 4.10. The SMILES string of the molecule is COC(=O)c1cc(CS)c(C(=O)OC)cc1CS. The molecule has 0 N–H and O–H groups in total. The molecule has 0 fully saturated rings. The lowest BCUT2D eigenvalue weighted by Crippen LogP contribution is -2.11. The predicted molar refractivity (Wildman–Crippen MR) is 74.5 cm³/mol. The minimum absolute atomic E-state index is 0.321. The van der Waals surface area contributed by atoms with Crippen molar-refractivity contribution in [1.82, 2.24) is 0 Å². The van der Waals surface area contributed by atoms with Gasteiger partial charge < -0.3 is 9.47 Å². The van der Waals surface area contributed by atoms with Gasteiger partial charge in [-0.15, -0.1) is 0 Å². The zero-order valence-electron chi connectivity index (χ0n) is 10.1. The Labute approximate surface area is 116 Å². The highest BCUT2D eigenvalue weighted by Gasteiger charge is 2.18. The van der Waals surface area contributed by atoms with Crippen LogP contribution < -0.4 is 0 Å². The Kier molecular flexibility index (Phi) is 5.55. The van der Waals surface area contributed by atoms with Crippen LogP contribution in [0.4, 0.5) is 0 Å². The number of ether oxygens (including phenoxy) is 2. The largest absolute Gasteiger partial charge is 0.465 e. The molecule has 0 aromatic heterocycles. The lowest BCUT2D eigenvalue weighted by Gasteiger charge is -2.12. The lowest BCUT2D eigenvalue weighted by atomic mass is 10.00. The molecule has 0 aliphatic carbocycles. The van der Waals surface area contributed by atoms with E-state index in [2.05, 4.69) is 25.3 Å². The van der Waals surface area contributed by atoms with E-state index in [1.165, 1.54) is 14.2 Å². The zero-order chi connectivity index (χ0) is 13.7. The third-order valence-corrected chi connectivity index (χ3v) is 3.16. The van der Waals surface area contributed by atoms with Gasteiger partial charge in [0.15, 0.2) is 0 Å². The van der Waals surface area contributed by atoms with Crippen LogP contribution in [0.1, 0.15) is 31.8 Å². The van der Waals surface area contributed by atoms with Gasteiger partial charge in [-0.05, 0) is 23.3 Å². The number of thiol groups is 2. The van der Waals surface area contributed by atoms with Crippen molar-refractivity contribution in [1.29, 1.82) is 0 Å². The van der Waals surface area contributed by atoms with Crippen molar-refractivity contribution < 1.29 is 19.1 Å². The number of rotatable bonds is 4. The van der Waals surface area contributed by atoms with E-state index in [-0.39, 0.29) is 0 Å². The number of esters is 2. The maximum absolute atomic E-state index is 11.6. The van der Waals surface area contributed by atoms with Crippen molar-refractivity contribution in [2.45, 2.75) is 11.5 Å². The molecular weight excluding hydrogens is 272 g/mol. The number of carbonyl (C=O) groups excluding carboxylic acids is 2.